The first-order valence-corrected chi connectivity index (χ1v) is 9.13. The third-order valence-corrected chi connectivity index (χ3v) is 5.05. The molecule has 26 heavy (non-hydrogen) atoms. The maximum atomic E-state index is 12.4. The zero-order chi connectivity index (χ0) is 18.7. The summed E-state index contributed by atoms with van der Waals surface area (Å²) in [5.41, 5.74) is 1.22. The van der Waals surface area contributed by atoms with Crippen molar-refractivity contribution in [3.05, 3.63) is 52.8 Å². The number of benzene rings is 1. The van der Waals surface area contributed by atoms with Gasteiger partial charge in [0.1, 0.15) is 0 Å². The van der Waals surface area contributed by atoms with Crippen molar-refractivity contribution in [3.8, 4) is 11.4 Å². The minimum Gasteiger partial charge on any atom is -0.335 e. The number of hydrogen-bond acceptors (Lipinski definition) is 6. The van der Waals surface area contributed by atoms with Gasteiger partial charge in [0.05, 0.1) is 10.9 Å². The molecular weight excluding hydrogens is 395 g/mol. The van der Waals surface area contributed by atoms with Gasteiger partial charge in [-0.3, -0.25) is 4.79 Å². The number of anilines is 1. The number of amides is 1. The van der Waals surface area contributed by atoms with Gasteiger partial charge < -0.3 is 11.2 Å². The summed E-state index contributed by atoms with van der Waals surface area (Å²) in [6.07, 6.45) is 1.55. The van der Waals surface area contributed by atoms with E-state index in [2.05, 4.69) is 20.5 Å². The minimum absolute atomic E-state index is 0.227. The number of carbonyl (C=O) groups is 1. The quantitative estimate of drug-likeness (QED) is 0.380. The number of pyridine rings is 1. The lowest BCUT2D eigenvalue weighted by molar-refractivity contribution is -0.115. The summed E-state index contributed by atoms with van der Waals surface area (Å²) in [5, 5.41) is 11.7. The van der Waals surface area contributed by atoms with Crippen LogP contribution >= 0.6 is 35.0 Å². The van der Waals surface area contributed by atoms with Crippen LogP contribution in [0.5, 0.6) is 0 Å². The Hall–Kier alpha value is -2.29. The number of nitrogens with zero attached hydrogens (tertiary/aromatic N) is 4. The Morgan fingerprint density at radius 2 is 1.96 bits per heavy atom. The third kappa shape index (κ3) is 4.09. The van der Waals surface area contributed by atoms with Crippen molar-refractivity contribution in [2.75, 3.05) is 11.2 Å². The lowest BCUT2D eigenvalue weighted by Gasteiger charge is -2.12. The van der Waals surface area contributed by atoms with Crippen molar-refractivity contribution in [2.45, 2.75) is 17.3 Å². The Balaban J connectivity index is 1.71. The lowest BCUT2D eigenvalue weighted by atomic mass is 10.2. The molecule has 1 unspecified atom stereocenters. The highest BCUT2D eigenvalue weighted by Crippen LogP contribution is 2.26. The van der Waals surface area contributed by atoms with Crippen molar-refractivity contribution in [1.82, 2.24) is 19.9 Å². The smallest absolute Gasteiger partial charge is 0.237 e. The van der Waals surface area contributed by atoms with E-state index in [0.29, 0.717) is 21.7 Å². The van der Waals surface area contributed by atoms with Gasteiger partial charge in [0, 0.05) is 16.8 Å². The Morgan fingerprint density at radius 3 is 2.65 bits per heavy atom. The van der Waals surface area contributed by atoms with E-state index in [1.54, 1.807) is 49.5 Å². The van der Waals surface area contributed by atoms with E-state index in [9.17, 15) is 4.79 Å². The second-order valence-corrected chi connectivity index (χ2v) is 7.38. The number of nitrogens with one attached hydrogen (secondary N) is 1. The van der Waals surface area contributed by atoms with Crippen LogP contribution in [0.2, 0.25) is 10.2 Å². The molecule has 7 nitrogen and oxygen atoms in total. The average molecular weight is 409 g/mol. The van der Waals surface area contributed by atoms with E-state index in [0.717, 1.165) is 5.56 Å². The van der Waals surface area contributed by atoms with Crippen LogP contribution in [-0.4, -0.2) is 31.0 Å². The van der Waals surface area contributed by atoms with Crippen molar-refractivity contribution in [3.63, 3.8) is 0 Å². The summed E-state index contributed by atoms with van der Waals surface area (Å²) in [5.74, 6) is 6.30. The highest BCUT2D eigenvalue weighted by molar-refractivity contribution is 8.00. The molecule has 1 atom stereocenters. The van der Waals surface area contributed by atoms with Crippen molar-refractivity contribution in [1.29, 1.82) is 0 Å². The summed E-state index contributed by atoms with van der Waals surface area (Å²) < 4.78 is 1.34. The predicted octanol–water partition coefficient (Wildman–Crippen LogP) is 3.48. The summed E-state index contributed by atoms with van der Waals surface area (Å²) in [4.78, 5) is 16.3. The summed E-state index contributed by atoms with van der Waals surface area (Å²) >= 11 is 13.0. The van der Waals surface area contributed by atoms with Crippen molar-refractivity contribution < 1.29 is 4.79 Å². The number of thioether (sulfide) groups is 1. The molecule has 3 rings (SSSR count). The van der Waals surface area contributed by atoms with Crippen LogP contribution in [0, 0.1) is 0 Å². The van der Waals surface area contributed by atoms with Gasteiger partial charge in [-0.25, -0.2) is 9.66 Å². The summed E-state index contributed by atoms with van der Waals surface area (Å²) in [7, 11) is 0. The van der Waals surface area contributed by atoms with E-state index >= 15 is 0 Å². The lowest BCUT2D eigenvalue weighted by Crippen LogP contribution is -2.24. The summed E-state index contributed by atoms with van der Waals surface area (Å²) in [6, 6.07) is 10.4. The van der Waals surface area contributed by atoms with E-state index in [1.165, 1.54) is 16.4 Å². The fraction of sp³-hybridized carbons (Fsp3) is 0.125. The molecule has 134 valence electrons. The molecule has 2 heterocycles. The first-order chi connectivity index (χ1) is 12.5. The molecule has 0 saturated carbocycles. The van der Waals surface area contributed by atoms with Crippen molar-refractivity contribution in [2.24, 2.45) is 0 Å². The maximum Gasteiger partial charge on any atom is 0.237 e. The van der Waals surface area contributed by atoms with E-state index in [-0.39, 0.29) is 11.1 Å². The molecule has 3 N–H and O–H groups in total. The fourth-order valence-electron chi connectivity index (χ4n) is 2.08. The van der Waals surface area contributed by atoms with Crippen LogP contribution in [0.25, 0.3) is 11.4 Å². The van der Waals surface area contributed by atoms with E-state index in [1.807, 2.05) is 0 Å². The van der Waals surface area contributed by atoms with Crippen LogP contribution in [0.1, 0.15) is 6.92 Å². The number of aromatic nitrogens is 4. The molecule has 0 aliphatic carbocycles. The molecule has 1 aromatic carbocycles. The second kappa shape index (κ2) is 7.94. The zero-order valence-corrected chi connectivity index (χ0v) is 15.9. The second-order valence-electron chi connectivity index (χ2n) is 5.27. The Bertz CT molecular complexity index is 931. The topological polar surface area (TPSA) is 98.7 Å². The van der Waals surface area contributed by atoms with Gasteiger partial charge in [-0.2, -0.15) is 0 Å². The molecule has 0 aliphatic heterocycles. The molecule has 2 aromatic heterocycles. The predicted molar refractivity (Wildman–Crippen MR) is 104 cm³/mol. The van der Waals surface area contributed by atoms with Gasteiger partial charge in [0.25, 0.3) is 0 Å². The highest BCUT2D eigenvalue weighted by Gasteiger charge is 2.20. The molecular formula is C16H14Cl2N6OS. The number of hydrogen-bond donors (Lipinski definition) is 2. The van der Waals surface area contributed by atoms with Gasteiger partial charge in [-0.15, -0.1) is 10.2 Å². The number of nitrogen functional groups attached to an aromatic ring is 1. The molecule has 1 amide bonds. The number of rotatable bonds is 5. The van der Waals surface area contributed by atoms with E-state index in [4.69, 9.17) is 29.0 Å². The third-order valence-electron chi connectivity index (χ3n) is 3.44. The number of carbonyl (C=O) groups excluding carboxylic acids is 1. The maximum absolute atomic E-state index is 12.4. The van der Waals surface area contributed by atoms with Crippen LogP contribution in [0.15, 0.2) is 47.8 Å². The molecule has 0 aliphatic rings. The minimum atomic E-state index is -0.476. The summed E-state index contributed by atoms with van der Waals surface area (Å²) in [6.45, 7) is 1.74. The standard InChI is InChI=1S/C16H14Cl2N6OS/c1-9(15(25)21-12-3-2-8-20-13(12)18)26-16-23-22-14(24(16)19)10-4-6-11(17)7-5-10/h2-9H,19H2,1H3,(H,21,25). The van der Waals surface area contributed by atoms with Crippen LogP contribution < -0.4 is 11.2 Å². The Morgan fingerprint density at radius 1 is 1.23 bits per heavy atom. The number of halogens is 2. The Kier molecular flexibility index (Phi) is 5.65. The van der Waals surface area contributed by atoms with Gasteiger partial charge in [-0.1, -0.05) is 35.0 Å². The normalized spacial score (nSPS) is 12.0. The largest absolute Gasteiger partial charge is 0.335 e. The average Bonchev–Trinajstić information content (AvgIpc) is 2.98. The molecule has 0 fully saturated rings. The first-order valence-electron chi connectivity index (χ1n) is 7.50. The number of nitrogens with two attached hydrogens (primary N) is 1. The SMILES string of the molecule is CC(Sc1nnc(-c2ccc(Cl)cc2)n1N)C(=O)Nc1cccnc1Cl. The molecule has 0 radical (unpaired) electrons. The highest BCUT2D eigenvalue weighted by atomic mass is 35.5. The van der Waals surface area contributed by atoms with Crippen molar-refractivity contribution >= 4 is 46.6 Å². The molecule has 0 spiro atoms. The van der Waals surface area contributed by atoms with Gasteiger partial charge in [0.15, 0.2) is 11.0 Å². The Labute approximate surface area is 163 Å². The molecule has 3 aromatic rings. The molecule has 10 heteroatoms. The monoisotopic (exact) mass is 408 g/mol. The zero-order valence-electron chi connectivity index (χ0n) is 13.6. The first kappa shape index (κ1) is 18.5. The van der Waals surface area contributed by atoms with Gasteiger partial charge >= 0.3 is 0 Å². The van der Waals surface area contributed by atoms with Gasteiger partial charge in [0.2, 0.25) is 11.1 Å². The molecule has 0 saturated heterocycles. The fourth-order valence-corrected chi connectivity index (χ4v) is 3.14. The van der Waals surface area contributed by atoms with Crippen LogP contribution in [0.3, 0.4) is 0 Å². The van der Waals surface area contributed by atoms with Crippen LogP contribution in [0.4, 0.5) is 5.69 Å². The van der Waals surface area contributed by atoms with E-state index < -0.39 is 5.25 Å². The van der Waals surface area contributed by atoms with Gasteiger partial charge in [-0.05, 0) is 43.3 Å². The molecule has 0 bridgehead atoms. The van der Waals surface area contributed by atoms with Crippen LogP contribution in [-0.2, 0) is 4.79 Å².